The summed E-state index contributed by atoms with van der Waals surface area (Å²) in [6.45, 7) is 4.58. The van der Waals surface area contributed by atoms with Crippen molar-refractivity contribution in [3.05, 3.63) is 34.9 Å². The Labute approximate surface area is 127 Å². The number of carbonyl (C=O) groups is 1. The van der Waals surface area contributed by atoms with Gasteiger partial charge in [-0.2, -0.15) is 0 Å². The highest BCUT2D eigenvalue weighted by molar-refractivity contribution is 5.94. The second-order valence-corrected chi connectivity index (χ2v) is 5.98. The van der Waals surface area contributed by atoms with Crippen LogP contribution in [0.4, 0.5) is 0 Å². The van der Waals surface area contributed by atoms with Gasteiger partial charge in [-0.1, -0.05) is 31.6 Å². The van der Waals surface area contributed by atoms with Crippen LogP contribution in [0.5, 0.6) is 0 Å². The van der Waals surface area contributed by atoms with Gasteiger partial charge in [-0.05, 0) is 49.4 Å². The first kappa shape index (κ1) is 15.6. The number of aryl methyl sites for hydroxylation is 1. The molecule has 2 unspecified atom stereocenters. The van der Waals surface area contributed by atoms with Crippen molar-refractivity contribution in [2.45, 2.75) is 45.6 Å². The number of rotatable bonds is 2. The minimum Gasteiger partial charge on any atom is -0.349 e. The molecule has 1 aromatic carbocycles. The number of amides is 1. The molecule has 1 aromatic rings. The number of hydrogen-bond acceptors (Lipinski definition) is 2. The monoisotopic (exact) mass is 284 g/mol. The van der Waals surface area contributed by atoms with Crippen LogP contribution in [0.2, 0.25) is 0 Å². The van der Waals surface area contributed by atoms with Crippen LogP contribution in [0.25, 0.3) is 0 Å². The maximum absolute atomic E-state index is 12.3. The lowest BCUT2D eigenvalue weighted by Gasteiger charge is -2.27. The van der Waals surface area contributed by atoms with Crippen molar-refractivity contribution in [1.82, 2.24) is 5.32 Å². The fourth-order valence-corrected chi connectivity index (χ4v) is 2.93. The van der Waals surface area contributed by atoms with Crippen LogP contribution < -0.4 is 11.1 Å². The standard InChI is InChI=1S/C18H24N2O/c1-13-5-3-7-17(11-13)20-18(21)16-9-8-15(6-4-10-19)14(2)12-16/h8-9,12-13,17H,3,5,7,10-11,19H2,1-2H3,(H,20,21). The Hall–Kier alpha value is -1.79. The molecule has 0 saturated heterocycles. The highest BCUT2D eigenvalue weighted by Crippen LogP contribution is 2.23. The van der Waals surface area contributed by atoms with E-state index in [4.69, 9.17) is 5.73 Å². The molecular weight excluding hydrogens is 260 g/mol. The van der Waals surface area contributed by atoms with Crippen LogP contribution in [0.3, 0.4) is 0 Å². The van der Waals surface area contributed by atoms with E-state index in [0.717, 1.165) is 24.0 Å². The molecule has 1 aliphatic rings. The van der Waals surface area contributed by atoms with Gasteiger partial charge in [0.2, 0.25) is 0 Å². The zero-order chi connectivity index (χ0) is 15.2. The van der Waals surface area contributed by atoms with E-state index < -0.39 is 0 Å². The molecule has 0 aromatic heterocycles. The molecule has 3 N–H and O–H groups in total. The third-order valence-corrected chi connectivity index (χ3v) is 4.09. The minimum atomic E-state index is 0.0236. The maximum atomic E-state index is 12.3. The molecule has 1 fully saturated rings. The van der Waals surface area contributed by atoms with Crippen molar-refractivity contribution in [3.63, 3.8) is 0 Å². The van der Waals surface area contributed by atoms with E-state index in [-0.39, 0.29) is 5.91 Å². The van der Waals surface area contributed by atoms with Crippen molar-refractivity contribution in [2.24, 2.45) is 11.7 Å². The van der Waals surface area contributed by atoms with E-state index in [2.05, 4.69) is 24.1 Å². The number of nitrogens with one attached hydrogen (secondary N) is 1. The van der Waals surface area contributed by atoms with Gasteiger partial charge in [-0.3, -0.25) is 4.79 Å². The number of hydrogen-bond donors (Lipinski definition) is 2. The molecule has 3 nitrogen and oxygen atoms in total. The zero-order valence-electron chi connectivity index (χ0n) is 12.9. The number of nitrogens with two attached hydrogens (primary N) is 1. The molecule has 0 bridgehead atoms. The van der Waals surface area contributed by atoms with Crippen LogP contribution in [0, 0.1) is 24.7 Å². The van der Waals surface area contributed by atoms with E-state index in [9.17, 15) is 4.79 Å². The van der Waals surface area contributed by atoms with Crippen molar-refractivity contribution in [2.75, 3.05) is 6.54 Å². The van der Waals surface area contributed by atoms with Gasteiger partial charge in [0.05, 0.1) is 6.54 Å². The second kappa shape index (κ2) is 7.28. The molecular formula is C18H24N2O. The van der Waals surface area contributed by atoms with E-state index in [1.807, 2.05) is 25.1 Å². The third-order valence-electron chi connectivity index (χ3n) is 4.09. The molecule has 1 amide bonds. The third kappa shape index (κ3) is 4.34. The van der Waals surface area contributed by atoms with E-state index in [0.29, 0.717) is 24.1 Å². The lowest BCUT2D eigenvalue weighted by molar-refractivity contribution is 0.0921. The average Bonchev–Trinajstić information content (AvgIpc) is 2.46. The van der Waals surface area contributed by atoms with Crippen LogP contribution >= 0.6 is 0 Å². The molecule has 3 heteroatoms. The Bertz CT molecular complexity index is 568. The van der Waals surface area contributed by atoms with Gasteiger partial charge < -0.3 is 11.1 Å². The summed E-state index contributed by atoms with van der Waals surface area (Å²) >= 11 is 0. The Balaban J connectivity index is 2.04. The van der Waals surface area contributed by atoms with Crippen LogP contribution in [0.1, 0.15) is 54.1 Å². The first-order valence-electron chi connectivity index (χ1n) is 7.70. The molecule has 112 valence electrons. The van der Waals surface area contributed by atoms with Crippen LogP contribution in [-0.2, 0) is 0 Å². The first-order valence-corrected chi connectivity index (χ1v) is 7.70. The summed E-state index contributed by atoms with van der Waals surface area (Å²) < 4.78 is 0. The van der Waals surface area contributed by atoms with E-state index in [1.165, 1.54) is 12.8 Å². The molecule has 2 atom stereocenters. The van der Waals surface area contributed by atoms with Crippen LogP contribution in [-0.4, -0.2) is 18.5 Å². The first-order chi connectivity index (χ1) is 10.1. The van der Waals surface area contributed by atoms with Gasteiger partial charge in [-0.15, -0.1) is 0 Å². The van der Waals surface area contributed by atoms with Gasteiger partial charge >= 0.3 is 0 Å². The Kier molecular flexibility index (Phi) is 5.41. The van der Waals surface area contributed by atoms with Crippen molar-refractivity contribution in [3.8, 4) is 11.8 Å². The summed E-state index contributed by atoms with van der Waals surface area (Å²) in [7, 11) is 0. The van der Waals surface area contributed by atoms with Gasteiger partial charge in [0.1, 0.15) is 0 Å². The van der Waals surface area contributed by atoms with Gasteiger partial charge in [-0.25, -0.2) is 0 Å². The van der Waals surface area contributed by atoms with Crippen molar-refractivity contribution in [1.29, 1.82) is 0 Å². The Morgan fingerprint density at radius 2 is 2.24 bits per heavy atom. The van der Waals surface area contributed by atoms with Crippen molar-refractivity contribution < 1.29 is 4.79 Å². The van der Waals surface area contributed by atoms with E-state index >= 15 is 0 Å². The molecule has 2 rings (SSSR count). The molecule has 0 spiro atoms. The van der Waals surface area contributed by atoms with Crippen molar-refractivity contribution >= 4 is 5.91 Å². The van der Waals surface area contributed by atoms with Gasteiger partial charge in [0.15, 0.2) is 0 Å². The largest absolute Gasteiger partial charge is 0.349 e. The molecule has 0 heterocycles. The Morgan fingerprint density at radius 1 is 1.43 bits per heavy atom. The lowest BCUT2D eigenvalue weighted by atomic mass is 9.87. The fourth-order valence-electron chi connectivity index (χ4n) is 2.93. The molecule has 1 saturated carbocycles. The van der Waals surface area contributed by atoms with Gasteiger partial charge in [0, 0.05) is 17.2 Å². The predicted octanol–water partition coefficient (Wildman–Crippen LogP) is 2.61. The van der Waals surface area contributed by atoms with Gasteiger partial charge in [0.25, 0.3) is 5.91 Å². The maximum Gasteiger partial charge on any atom is 0.251 e. The predicted molar refractivity (Wildman–Crippen MR) is 86.0 cm³/mol. The summed E-state index contributed by atoms with van der Waals surface area (Å²) in [6, 6.07) is 5.96. The summed E-state index contributed by atoms with van der Waals surface area (Å²) in [5, 5.41) is 3.16. The summed E-state index contributed by atoms with van der Waals surface area (Å²) in [5.74, 6) is 6.59. The van der Waals surface area contributed by atoms with E-state index in [1.54, 1.807) is 0 Å². The summed E-state index contributed by atoms with van der Waals surface area (Å²) in [5.41, 5.74) is 8.04. The summed E-state index contributed by atoms with van der Waals surface area (Å²) in [4.78, 5) is 12.3. The molecule has 21 heavy (non-hydrogen) atoms. The molecule has 0 radical (unpaired) electrons. The molecule has 0 aliphatic heterocycles. The second-order valence-electron chi connectivity index (χ2n) is 5.98. The Morgan fingerprint density at radius 3 is 2.90 bits per heavy atom. The normalized spacial score (nSPS) is 21.3. The molecule has 1 aliphatic carbocycles. The quantitative estimate of drug-likeness (QED) is 0.820. The minimum absolute atomic E-state index is 0.0236. The highest BCUT2D eigenvalue weighted by Gasteiger charge is 2.20. The highest BCUT2D eigenvalue weighted by atomic mass is 16.1. The zero-order valence-corrected chi connectivity index (χ0v) is 12.9. The lowest BCUT2D eigenvalue weighted by Crippen LogP contribution is -2.38. The summed E-state index contributed by atoms with van der Waals surface area (Å²) in [6.07, 6.45) is 4.67. The number of benzene rings is 1. The SMILES string of the molecule is Cc1cc(C(=O)NC2CCCC(C)C2)ccc1C#CCN. The smallest absolute Gasteiger partial charge is 0.251 e. The topological polar surface area (TPSA) is 55.1 Å². The number of carbonyl (C=O) groups excluding carboxylic acids is 1. The fraction of sp³-hybridized carbons (Fsp3) is 0.500. The van der Waals surface area contributed by atoms with Crippen LogP contribution in [0.15, 0.2) is 18.2 Å². The average molecular weight is 284 g/mol.